The quantitative estimate of drug-likeness (QED) is 0.823. The van der Waals surface area contributed by atoms with Gasteiger partial charge in [-0.05, 0) is 36.6 Å². The van der Waals surface area contributed by atoms with E-state index >= 15 is 0 Å². The number of carbonyl (C=O) groups is 3. The zero-order valence-electron chi connectivity index (χ0n) is 16.3. The Balaban J connectivity index is 1.34. The summed E-state index contributed by atoms with van der Waals surface area (Å²) in [7, 11) is 0. The summed E-state index contributed by atoms with van der Waals surface area (Å²) in [5.74, 6) is -0.359. The molecule has 2 aromatic carbocycles. The zero-order chi connectivity index (χ0) is 20.2. The van der Waals surface area contributed by atoms with Crippen molar-refractivity contribution >= 4 is 29.1 Å². The highest BCUT2D eigenvalue weighted by Gasteiger charge is 2.34. The number of hydrogen-bond acceptors (Lipinski definition) is 3. The molecule has 0 aromatic heterocycles. The second-order valence-electron chi connectivity index (χ2n) is 7.66. The summed E-state index contributed by atoms with van der Waals surface area (Å²) >= 11 is 0. The van der Waals surface area contributed by atoms with Gasteiger partial charge in [0.2, 0.25) is 17.7 Å². The number of benzene rings is 2. The van der Waals surface area contributed by atoms with Crippen LogP contribution < -0.4 is 10.2 Å². The molecule has 0 aliphatic carbocycles. The van der Waals surface area contributed by atoms with Crippen LogP contribution in [0.25, 0.3) is 0 Å². The summed E-state index contributed by atoms with van der Waals surface area (Å²) < 4.78 is 0. The van der Waals surface area contributed by atoms with Crippen LogP contribution in [-0.4, -0.2) is 42.3 Å². The third-order valence-corrected chi connectivity index (χ3v) is 5.60. The van der Waals surface area contributed by atoms with E-state index in [9.17, 15) is 14.4 Å². The Bertz CT molecular complexity index is 913. The zero-order valence-corrected chi connectivity index (χ0v) is 16.3. The average Bonchev–Trinajstić information content (AvgIpc) is 3.33. The Kier molecular flexibility index (Phi) is 5.60. The standard InChI is InChI=1S/C23H25N3O3/c27-21-10-5-12-26(21)20-9-4-8-19(15-20)24-23(29)18-14-22(28)25(16-18)13-11-17-6-2-1-3-7-17/h1-4,6-9,15,18H,5,10-14,16H2,(H,24,29)/t18-/m1/s1. The molecule has 3 amide bonds. The lowest BCUT2D eigenvalue weighted by molar-refractivity contribution is -0.128. The lowest BCUT2D eigenvalue weighted by Crippen LogP contribution is -2.30. The van der Waals surface area contributed by atoms with E-state index in [2.05, 4.69) is 5.32 Å². The minimum absolute atomic E-state index is 0.0255. The molecule has 2 aromatic rings. The molecule has 2 aliphatic heterocycles. The summed E-state index contributed by atoms with van der Waals surface area (Å²) in [5, 5.41) is 2.92. The summed E-state index contributed by atoms with van der Waals surface area (Å²) in [4.78, 5) is 40.5. The molecule has 4 rings (SSSR count). The van der Waals surface area contributed by atoms with Gasteiger partial charge in [0.25, 0.3) is 0 Å². The first-order chi connectivity index (χ1) is 14.1. The SMILES string of the molecule is O=C(Nc1cccc(N2CCCC2=O)c1)[C@@H]1CC(=O)N(CCc2ccccc2)C1. The Morgan fingerprint density at radius 3 is 2.62 bits per heavy atom. The van der Waals surface area contributed by atoms with Gasteiger partial charge in [0.05, 0.1) is 5.92 Å². The van der Waals surface area contributed by atoms with Gasteiger partial charge in [0, 0.05) is 43.9 Å². The van der Waals surface area contributed by atoms with Gasteiger partial charge < -0.3 is 15.1 Å². The highest BCUT2D eigenvalue weighted by atomic mass is 16.2. The molecule has 1 atom stereocenters. The number of rotatable bonds is 6. The van der Waals surface area contributed by atoms with E-state index in [0.717, 1.165) is 18.5 Å². The Labute approximate surface area is 170 Å². The maximum Gasteiger partial charge on any atom is 0.229 e. The molecule has 0 saturated carbocycles. The molecule has 2 heterocycles. The van der Waals surface area contributed by atoms with Gasteiger partial charge in [-0.2, -0.15) is 0 Å². The van der Waals surface area contributed by atoms with Crippen LogP contribution >= 0.6 is 0 Å². The predicted octanol–water partition coefficient (Wildman–Crippen LogP) is 2.84. The normalized spacial score (nSPS) is 19.1. The van der Waals surface area contributed by atoms with Gasteiger partial charge in [-0.1, -0.05) is 36.4 Å². The Hall–Kier alpha value is -3.15. The van der Waals surface area contributed by atoms with Crippen molar-refractivity contribution in [1.82, 2.24) is 4.90 Å². The van der Waals surface area contributed by atoms with E-state index in [4.69, 9.17) is 0 Å². The number of nitrogens with one attached hydrogen (secondary N) is 1. The summed E-state index contributed by atoms with van der Waals surface area (Å²) in [6.07, 6.45) is 2.45. The molecule has 0 spiro atoms. The number of amides is 3. The van der Waals surface area contributed by atoms with E-state index in [1.54, 1.807) is 9.80 Å². The minimum Gasteiger partial charge on any atom is -0.342 e. The van der Waals surface area contributed by atoms with Crippen molar-refractivity contribution in [2.24, 2.45) is 5.92 Å². The van der Waals surface area contributed by atoms with Crippen molar-refractivity contribution in [1.29, 1.82) is 0 Å². The average molecular weight is 391 g/mol. The lowest BCUT2D eigenvalue weighted by atomic mass is 10.1. The van der Waals surface area contributed by atoms with Gasteiger partial charge in [-0.3, -0.25) is 14.4 Å². The largest absolute Gasteiger partial charge is 0.342 e. The van der Waals surface area contributed by atoms with Crippen LogP contribution in [0.1, 0.15) is 24.8 Å². The molecule has 2 saturated heterocycles. The van der Waals surface area contributed by atoms with Crippen LogP contribution in [0.15, 0.2) is 54.6 Å². The molecule has 0 unspecified atom stereocenters. The van der Waals surface area contributed by atoms with Crippen molar-refractivity contribution in [2.75, 3.05) is 29.9 Å². The van der Waals surface area contributed by atoms with Crippen LogP contribution in [0, 0.1) is 5.92 Å². The van der Waals surface area contributed by atoms with E-state index in [1.807, 2.05) is 54.6 Å². The fourth-order valence-corrected chi connectivity index (χ4v) is 3.99. The van der Waals surface area contributed by atoms with Gasteiger partial charge in [-0.15, -0.1) is 0 Å². The molecular formula is C23H25N3O3. The number of nitrogens with zero attached hydrogens (tertiary/aromatic N) is 2. The monoisotopic (exact) mass is 391 g/mol. The van der Waals surface area contributed by atoms with Crippen molar-refractivity contribution in [3.05, 3.63) is 60.2 Å². The second-order valence-corrected chi connectivity index (χ2v) is 7.66. The molecule has 2 fully saturated rings. The first kappa shape index (κ1) is 19.2. The Morgan fingerprint density at radius 2 is 1.86 bits per heavy atom. The fourth-order valence-electron chi connectivity index (χ4n) is 3.99. The van der Waals surface area contributed by atoms with E-state index in [0.29, 0.717) is 31.7 Å². The van der Waals surface area contributed by atoms with E-state index in [-0.39, 0.29) is 30.1 Å². The maximum absolute atomic E-state index is 12.7. The summed E-state index contributed by atoms with van der Waals surface area (Å²) in [6, 6.07) is 17.4. The molecule has 6 heteroatoms. The molecule has 0 bridgehead atoms. The first-order valence-corrected chi connectivity index (χ1v) is 10.1. The smallest absolute Gasteiger partial charge is 0.229 e. The number of hydrogen-bond donors (Lipinski definition) is 1. The number of carbonyl (C=O) groups excluding carboxylic acids is 3. The second kappa shape index (κ2) is 8.47. The predicted molar refractivity (Wildman–Crippen MR) is 111 cm³/mol. The van der Waals surface area contributed by atoms with Gasteiger partial charge in [-0.25, -0.2) is 0 Å². The van der Waals surface area contributed by atoms with Crippen molar-refractivity contribution in [2.45, 2.75) is 25.7 Å². The van der Waals surface area contributed by atoms with E-state index < -0.39 is 0 Å². The van der Waals surface area contributed by atoms with Gasteiger partial charge in [0.1, 0.15) is 0 Å². The molecule has 1 N–H and O–H groups in total. The van der Waals surface area contributed by atoms with Crippen LogP contribution in [0.3, 0.4) is 0 Å². The van der Waals surface area contributed by atoms with Crippen molar-refractivity contribution in [3.8, 4) is 0 Å². The first-order valence-electron chi connectivity index (χ1n) is 10.1. The molecule has 0 radical (unpaired) electrons. The summed E-state index contributed by atoms with van der Waals surface area (Å²) in [5.41, 5.74) is 2.64. The lowest BCUT2D eigenvalue weighted by Gasteiger charge is -2.18. The van der Waals surface area contributed by atoms with Crippen LogP contribution in [0.4, 0.5) is 11.4 Å². The van der Waals surface area contributed by atoms with E-state index in [1.165, 1.54) is 5.56 Å². The molecule has 6 nitrogen and oxygen atoms in total. The number of likely N-dealkylation sites (tertiary alicyclic amines) is 1. The maximum atomic E-state index is 12.7. The number of anilines is 2. The minimum atomic E-state index is -0.352. The Morgan fingerprint density at radius 1 is 1.03 bits per heavy atom. The van der Waals surface area contributed by atoms with Crippen molar-refractivity contribution in [3.63, 3.8) is 0 Å². The van der Waals surface area contributed by atoms with Crippen LogP contribution in [0.2, 0.25) is 0 Å². The van der Waals surface area contributed by atoms with Gasteiger partial charge >= 0.3 is 0 Å². The van der Waals surface area contributed by atoms with Crippen molar-refractivity contribution < 1.29 is 14.4 Å². The highest BCUT2D eigenvalue weighted by Crippen LogP contribution is 2.25. The van der Waals surface area contributed by atoms with Crippen LogP contribution in [-0.2, 0) is 20.8 Å². The van der Waals surface area contributed by atoms with Gasteiger partial charge in [0.15, 0.2) is 0 Å². The molecule has 150 valence electrons. The molecule has 29 heavy (non-hydrogen) atoms. The third kappa shape index (κ3) is 4.47. The topological polar surface area (TPSA) is 69.7 Å². The molecule has 2 aliphatic rings. The summed E-state index contributed by atoms with van der Waals surface area (Å²) in [6.45, 7) is 1.78. The molecular weight excluding hydrogens is 366 g/mol. The van der Waals surface area contributed by atoms with Crippen LogP contribution in [0.5, 0.6) is 0 Å². The highest BCUT2D eigenvalue weighted by molar-refractivity contribution is 5.99. The third-order valence-electron chi connectivity index (χ3n) is 5.60. The fraction of sp³-hybridized carbons (Fsp3) is 0.348.